The fourth-order valence-corrected chi connectivity index (χ4v) is 1.90. The molecule has 0 spiro atoms. The average Bonchev–Trinajstić information content (AvgIpc) is 2.21. The number of rotatable bonds is 6. The van der Waals surface area contributed by atoms with Gasteiger partial charge in [-0.15, -0.1) is 0 Å². The van der Waals surface area contributed by atoms with Crippen molar-refractivity contribution >= 4 is 21.6 Å². The van der Waals surface area contributed by atoms with Crippen LogP contribution in [0.3, 0.4) is 0 Å². The molecule has 96 valence electrons. The molecule has 0 unspecified atom stereocenters. The summed E-state index contributed by atoms with van der Waals surface area (Å²) in [5.74, 6) is 0. The highest BCUT2D eigenvalue weighted by Gasteiger charge is 2.13. The Kier molecular flexibility index (Phi) is 5.80. The van der Waals surface area contributed by atoms with E-state index in [1.807, 2.05) is 6.07 Å². The van der Waals surface area contributed by atoms with Crippen molar-refractivity contribution < 1.29 is 13.9 Å². The van der Waals surface area contributed by atoms with Crippen molar-refractivity contribution in [2.75, 3.05) is 25.4 Å². The van der Waals surface area contributed by atoms with E-state index in [2.05, 4.69) is 15.9 Å². The van der Waals surface area contributed by atoms with Gasteiger partial charge in [0.1, 0.15) is 0 Å². The zero-order valence-electron chi connectivity index (χ0n) is 9.24. The third-order valence-corrected chi connectivity index (χ3v) is 2.81. The molecule has 0 aliphatic heterocycles. The van der Waals surface area contributed by atoms with E-state index in [9.17, 15) is 8.78 Å². The third kappa shape index (κ3) is 4.97. The zero-order valence-corrected chi connectivity index (χ0v) is 10.8. The van der Waals surface area contributed by atoms with Crippen LogP contribution in [-0.2, 0) is 6.54 Å². The van der Waals surface area contributed by atoms with Gasteiger partial charge in [0.15, 0.2) is 0 Å². The molecule has 0 aromatic heterocycles. The van der Waals surface area contributed by atoms with Gasteiger partial charge < -0.3 is 10.8 Å². The van der Waals surface area contributed by atoms with Crippen molar-refractivity contribution in [1.82, 2.24) is 4.90 Å². The molecule has 3 nitrogen and oxygen atoms in total. The van der Waals surface area contributed by atoms with Gasteiger partial charge in [0.05, 0.1) is 13.2 Å². The Bertz CT molecular complexity index is 363. The van der Waals surface area contributed by atoms with Crippen LogP contribution in [0.15, 0.2) is 22.7 Å². The fourth-order valence-electron chi connectivity index (χ4n) is 1.52. The topological polar surface area (TPSA) is 49.5 Å². The molecule has 6 heteroatoms. The highest BCUT2D eigenvalue weighted by atomic mass is 79.9. The standard InChI is InChI=1S/C11H15BrF2N2O/c12-9-2-1-8(10(15)5-9)6-16(3-4-17)7-11(13)14/h1-2,5,11,17H,3-4,6-7,15H2. The fraction of sp³-hybridized carbons (Fsp3) is 0.455. The van der Waals surface area contributed by atoms with Gasteiger partial charge in [-0.05, 0) is 17.7 Å². The first-order valence-corrected chi connectivity index (χ1v) is 5.97. The van der Waals surface area contributed by atoms with Crippen molar-refractivity contribution in [1.29, 1.82) is 0 Å². The minimum atomic E-state index is -2.42. The maximum Gasteiger partial charge on any atom is 0.251 e. The first kappa shape index (κ1) is 14.3. The van der Waals surface area contributed by atoms with E-state index < -0.39 is 6.43 Å². The van der Waals surface area contributed by atoms with Gasteiger partial charge in [0.25, 0.3) is 6.43 Å². The van der Waals surface area contributed by atoms with E-state index in [0.717, 1.165) is 10.0 Å². The Hall–Kier alpha value is -0.720. The average molecular weight is 309 g/mol. The Morgan fingerprint density at radius 2 is 2.12 bits per heavy atom. The lowest BCUT2D eigenvalue weighted by atomic mass is 10.1. The number of hydrogen-bond donors (Lipinski definition) is 2. The number of aliphatic hydroxyl groups is 1. The van der Waals surface area contributed by atoms with E-state index in [1.165, 1.54) is 4.90 Å². The number of nitrogen functional groups attached to an aromatic ring is 1. The zero-order chi connectivity index (χ0) is 12.8. The lowest BCUT2D eigenvalue weighted by molar-refractivity contribution is 0.0747. The van der Waals surface area contributed by atoms with Crippen LogP contribution in [-0.4, -0.2) is 36.1 Å². The van der Waals surface area contributed by atoms with Crippen molar-refractivity contribution in [3.8, 4) is 0 Å². The number of benzene rings is 1. The molecule has 0 bridgehead atoms. The number of hydrogen-bond acceptors (Lipinski definition) is 3. The van der Waals surface area contributed by atoms with Crippen LogP contribution in [0.2, 0.25) is 0 Å². The molecule has 0 saturated heterocycles. The quantitative estimate of drug-likeness (QED) is 0.791. The predicted octanol–water partition coefficient (Wildman–Crippen LogP) is 2.09. The molecule has 0 aliphatic rings. The first-order chi connectivity index (χ1) is 8.02. The highest BCUT2D eigenvalue weighted by Crippen LogP contribution is 2.20. The number of alkyl halides is 2. The monoisotopic (exact) mass is 308 g/mol. The van der Waals surface area contributed by atoms with Crippen LogP contribution in [0, 0.1) is 0 Å². The van der Waals surface area contributed by atoms with E-state index >= 15 is 0 Å². The summed E-state index contributed by atoms with van der Waals surface area (Å²) in [6.07, 6.45) is -2.42. The maximum absolute atomic E-state index is 12.3. The minimum Gasteiger partial charge on any atom is -0.398 e. The summed E-state index contributed by atoms with van der Waals surface area (Å²) in [5.41, 5.74) is 7.12. The molecule has 0 radical (unpaired) electrons. The number of nitrogens with zero attached hydrogens (tertiary/aromatic N) is 1. The lowest BCUT2D eigenvalue weighted by Gasteiger charge is -2.21. The summed E-state index contributed by atoms with van der Waals surface area (Å²) in [7, 11) is 0. The summed E-state index contributed by atoms with van der Waals surface area (Å²) >= 11 is 3.28. The first-order valence-electron chi connectivity index (χ1n) is 5.18. The van der Waals surface area contributed by atoms with Gasteiger partial charge in [0.2, 0.25) is 0 Å². The number of aliphatic hydroxyl groups excluding tert-OH is 1. The summed E-state index contributed by atoms with van der Waals surface area (Å²) in [6, 6.07) is 5.33. The van der Waals surface area contributed by atoms with Gasteiger partial charge in [-0.2, -0.15) is 0 Å². The lowest BCUT2D eigenvalue weighted by Crippen LogP contribution is -2.31. The van der Waals surface area contributed by atoms with Crippen molar-refractivity contribution in [3.05, 3.63) is 28.2 Å². The molecule has 1 aromatic rings. The maximum atomic E-state index is 12.3. The molecule has 0 fully saturated rings. The van der Waals surface area contributed by atoms with Gasteiger partial charge in [-0.25, -0.2) is 8.78 Å². The minimum absolute atomic E-state index is 0.150. The molecule has 0 amide bonds. The number of anilines is 1. The largest absolute Gasteiger partial charge is 0.398 e. The normalized spacial score (nSPS) is 11.4. The van der Waals surface area contributed by atoms with Gasteiger partial charge in [0, 0.05) is 23.2 Å². The molecule has 0 saturated carbocycles. The van der Waals surface area contributed by atoms with Crippen LogP contribution in [0.25, 0.3) is 0 Å². The van der Waals surface area contributed by atoms with Gasteiger partial charge >= 0.3 is 0 Å². The van der Waals surface area contributed by atoms with Crippen molar-refractivity contribution in [2.24, 2.45) is 0 Å². The van der Waals surface area contributed by atoms with Gasteiger partial charge in [-0.3, -0.25) is 4.90 Å². The van der Waals surface area contributed by atoms with Crippen LogP contribution in [0.5, 0.6) is 0 Å². The van der Waals surface area contributed by atoms with Crippen LogP contribution < -0.4 is 5.73 Å². The van der Waals surface area contributed by atoms with Crippen LogP contribution >= 0.6 is 15.9 Å². The van der Waals surface area contributed by atoms with E-state index in [4.69, 9.17) is 10.8 Å². The number of nitrogens with two attached hydrogens (primary N) is 1. The second-order valence-corrected chi connectivity index (χ2v) is 4.61. The molecular formula is C11H15BrF2N2O. The SMILES string of the molecule is Nc1cc(Br)ccc1CN(CCO)CC(F)F. The van der Waals surface area contributed by atoms with E-state index in [-0.39, 0.29) is 19.7 Å². The molecule has 1 aromatic carbocycles. The Labute approximate surface area is 107 Å². The second kappa shape index (κ2) is 6.88. The molecule has 1 rings (SSSR count). The van der Waals surface area contributed by atoms with Crippen LogP contribution in [0.4, 0.5) is 14.5 Å². The van der Waals surface area contributed by atoms with E-state index in [1.54, 1.807) is 12.1 Å². The summed E-state index contributed by atoms with van der Waals surface area (Å²) in [6.45, 7) is 0.00305. The number of halogens is 3. The molecule has 0 atom stereocenters. The predicted molar refractivity (Wildman–Crippen MR) is 66.9 cm³/mol. The third-order valence-electron chi connectivity index (χ3n) is 2.31. The summed E-state index contributed by atoms with van der Waals surface area (Å²) in [4.78, 5) is 1.48. The summed E-state index contributed by atoms with van der Waals surface area (Å²) in [5, 5.41) is 8.82. The molecule has 0 aliphatic carbocycles. The Morgan fingerprint density at radius 1 is 1.41 bits per heavy atom. The Balaban J connectivity index is 2.71. The van der Waals surface area contributed by atoms with Crippen molar-refractivity contribution in [2.45, 2.75) is 13.0 Å². The molecule has 17 heavy (non-hydrogen) atoms. The Morgan fingerprint density at radius 3 is 2.65 bits per heavy atom. The second-order valence-electron chi connectivity index (χ2n) is 3.69. The van der Waals surface area contributed by atoms with Crippen molar-refractivity contribution in [3.63, 3.8) is 0 Å². The van der Waals surface area contributed by atoms with E-state index in [0.29, 0.717) is 12.2 Å². The highest BCUT2D eigenvalue weighted by molar-refractivity contribution is 9.10. The molecule has 3 N–H and O–H groups in total. The van der Waals surface area contributed by atoms with Gasteiger partial charge in [-0.1, -0.05) is 22.0 Å². The smallest absolute Gasteiger partial charge is 0.251 e. The molecular weight excluding hydrogens is 294 g/mol. The van der Waals surface area contributed by atoms with Crippen LogP contribution in [0.1, 0.15) is 5.56 Å². The summed E-state index contributed by atoms with van der Waals surface area (Å²) < 4.78 is 25.5. The molecule has 0 heterocycles.